The van der Waals surface area contributed by atoms with Gasteiger partial charge in [0.15, 0.2) is 0 Å². The Labute approximate surface area is 288 Å². The Kier molecular flexibility index (Phi) is 7.37. The summed E-state index contributed by atoms with van der Waals surface area (Å²) >= 11 is 0. The molecule has 0 fully saturated rings. The summed E-state index contributed by atoms with van der Waals surface area (Å²) in [5.74, 6) is 0. The molecule has 0 N–H and O–H groups in total. The maximum atomic E-state index is 2.42. The number of hydrogen-bond acceptors (Lipinski definition) is 1. The zero-order valence-electron chi connectivity index (χ0n) is 27.3. The van der Waals surface area contributed by atoms with E-state index in [0.29, 0.717) is 0 Å². The van der Waals surface area contributed by atoms with E-state index in [1.807, 2.05) is 0 Å². The highest BCUT2D eigenvalue weighted by atomic mass is 15.1. The Hall–Kier alpha value is -6.18. The van der Waals surface area contributed by atoms with Gasteiger partial charge in [0.05, 0.1) is 5.69 Å². The molecule has 0 radical (unpaired) electrons. The smallest absolute Gasteiger partial charge is 0.0540 e. The van der Waals surface area contributed by atoms with Crippen LogP contribution in [0.1, 0.15) is 17.5 Å². The van der Waals surface area contributed by atoms with Crippen molar-refractivity contribution in [3.8, 4) is 33.4 Å². The molecular formula is C48H35N. The topological polar surface area (TPSA) is 3.24 Å². The number of fused-ring (bicyclic) bond motifs is 3. The molecule has 0 aliphatic heterocycles. The molecule has 9 rings (SSSR count). The third-order valence-electron chi connectivity index (χ3n) is 9.90. The Morgan fingerprint density at radius 2 is 1.06 bits per heavy atom. The summed E-state index contributed by atoms with van der Waals surface area (Å²) in [4.78, 5) is 2.42. The van der Waals surface area contributed by atoms with Gasteiger partial charge in [-0.05, 0) is 104 Å². The fraction of sp³-hybridized carbons (Fsp3) is 0.0417. The van der Waals surface area contributed by atoms with Crippen LogP contribution in [0.15, 0.2) is 182 Å². The summed E-state index contributed by atoms with van der Waals surface area (Å²) in [7, 11) is 0. The molecule has 1 heteroatoms. The van der Waals surface area contributed by atoms with Gasteiger partial charge in [0.25, 0.3) is 0 Å². The number of allylic oxidation sites excluding steroid dienone is 1. The van der Waals surface area contributed by atoms with Gasteiger partial charge in [-0.3, -0.25) is 0 Å². The summed E-state index contributed by atoms with van der Waals surface area (Å²) in [5.41, 5.74) is 13.6. The Morgan fingerprint density at radius 3 is 1.86 bits per heavy atom. The highest BCUT2D eigenvalue weighted by Gasteiger charge is 2.22. The number of aryl methyl sites for hydroxylation is 1. The lowest BCUT2D eigenvalue weighted by Gasteiger charge is -2.28. The van der Waals surface area contributed by atoms with Crippen LogP contribution < -0.4 is 4.90 Å². The van der Waals surface area contributed by atoms with E-state index in [1.165, 1.54) is 66.1 Å². The van der Waals surface area contributed by atoms with Crippen molar-refractivity contribution < 1.29 is 0 Å². The molecule has 232 valence electrons. The molecule has 0 bridgehead atoms. The van der Waals surface area contributed by atoms with Gasteiger partial charge in [-0.1, -0.05) is 158 Å². The first-order valence-electron chi connectivity index (χ1n) is 17.2. The molecule has 0 saturated heterocycles. The maximum absolute atomic E-state index is 2.42. The van der Waals surface area contributed by atoms with E-state index in [0.717, 1.165) is 29.9 Å². The minimum absolute atomic E-state index is 1.07. The average Bonchev–Trinajstić information content (AvgIpc) is 3.18. The molecule has 0 spiro atoms. The predicted octanol–water partition coefficient (Wildman–Crippen LogP) is 13.4. The zero-order chi connectivity index (χ0) is 32.6. The average molecular weight is 626 g/mol. The molecule has 0 heterocycles. The lowest BCUT2D eigenvalue weighted by Crippen LogP contribution is -2.11. The van der Waals surface area contributed by atoms with Crippen LogP contribution in [-0.4, -0.2) is 0 Å². The minimum Gasteiger partial charge on any atom is -0.310 e. The summed E-state index contributed by atoms with van der Waals surface area (Å²) < 4.78 is 0. The second-order valence-electron chi connectivity index (χ2n) is 12.8. The van der Waals surface area contributed by atoms with Gasteiger partial charge < -0.3 is 4.90 Å². The van der Waals surface area contributed by atoms with Gasteiger partial charge in [-0.2, -0.15) is 0 Å². The van der Waals surface area contributed by atoms with Gasteiger partial charge in [0.2, 0.25) is 0 Å². The van der Waals surface area contributed by atoms with Crippen LogP contribution in [0.5, 0.6) is 0 Å². The monoisotopic (exact) mass is 625 g/mol. The van der Waals surface area contributed by atoms with E-state index >= 15 is 0 Å². The number of anilines is 3. The molecule has 1 aliphatic carbocycles. The number of rotatable bonds is 6. The predicted molar refractivity (Wildman–Crippen MR) is 210 cm³/mol. The van der Waals surface area contributed by atoms with Crippen LogP contribution in [0.2, 0.25) is 0 Å². The van der Waals surface area contributed by atoms with Crippen LogP contribution in [0.3, 0.4) is 0 Å². The minimum atomic E-state index is 1.07. The molecule has 0 aromatic heterocycles. The summed E-state index contributed by atoms with van der Waals surface area (Å²) in [5, 5.41) is 5.03. The van der Waals surface area contributed by atoms with E-state index in [2.05, 4.69) is 193 Å². The van der Waals surface area contributed by atoms with Crippen LogP contribution >= 0.6 is 0 Å². The van der Waals surface area contributed by atoms with E-state index in [9.17, 15) is 0 Å². The summed E-state index contributed by atoms with van der Waals surface area (Å²) in [6.07, 6.45) is 6.83. The van der Waals surface area contributed by atoms with Gasteiger partial charge in [-0.25, -0.2) is 0 Å². The largest absolute Gasteiger partial charge is 0.310 e. The molecule has 8 aromatic carbocycles. The van der Waals surface area contributed by atoms with Crippen molar-refractivity contribution in [3.63, 3.8) is 0 Å². The van der Waals surface area contributed by atoms with E-state index in [-0.39, 0.29) is 0 Å². The Balaban J connectivity index is 1.29. The first-order valence-corrected chi connectivity index (χ1v) is 17.2. The molecule has 0 saturated carbocycles. The molecule has 1 aliphatic rings. The van der Waals surface area contributed by atoms with Crippen LogP contribution in [-0.2, 0) is 6.42 Å². The molecule has 8 aromatic rings. The normalized spacial score (nSPS) is 12.2. The molecule has 0 atom stereocenters. The van der Waals surface area contributed by atoms with Crippen molar-refractivity contribution in [2.45, 2.75) is 12.8 Å². The SMILES string of the molecule is C1=Cc2c(cc3ccccc3c2-c2ccc(N(c3ccc(-c4ccccc4)cc3)c3cccc4ccccc34)cc2-c2ccccc2)CC1. The van der Waals surface area contributed by atoms with E-state index in [1.54, 1.807) is 0 Å². The van der Waals surface area contributed by atoms with Crippen molar-refractivity contribution in [1.29, 1.82) is 0 Å². The Morgan fingerprint density at radius 1 is 0.429 bits per heavy atom. The highest BCUT2D eigenvalue weighted by Crippen LogP contribution is 2.46. The second-order valence-corrected chi connectivity index (χ2v) is 12.8. The van der Waals surface area contributed by atoms with E-state index < -0.39 is 0 Å². The third kappa shape index (κ3) is 5.30. The van der Waals surface area contributed by atoms with Gasteiger partial charge >= 0.3 is 0 Å². The van der Waals surface area contributed by atoms with Crippen LogP contribution in [0.4, 0.5) is 17.1 Å². The fourth-order valence-electron chi connectivity index (χ4n) is 7.56. The van der Waals surface area contributed by atoms with Crippen LogP contribution in [0.25, 0.3) is 61.0 Å². The first kappa shape index (κ1) is 29.0. The number of benzene rings is 8. The standard InChI is InChI=1S/C48H35N/c1-3-14-34(15-4-1)35-26-28-40(29-27-35)49(47-25-13-21-36-18-7-10-22-42(36)47)41-30-31-45(46(33-41)37-16-5-2-6-17-37)48-43-23-11-8-19-38(43)32-39-20-9-12-24-44(39)48/h1-8,10-19,21-33H,9,20H2. The van der Waals surface area contributed by atoms with Gasteiger partial charge in [0.1, 0.15) is 0 Å². The molecule has 49 heavy (non-hydrogen) atoms. The molecule has 1 nitrogen and oxygen atoms in total. The number of nitrogens with zero attached hydrogens (tertiary/aromatic N) is 1. The zero-order valence-corrected chi connectivity index (χ0v) is 27.3. The molecular weight excluding hydrogens is 591 g/mol. The first-order chi connectivity index (χ1) is 24.3. The van der Waals surface area contributed by atoms with Crippen molar-refractivity contribution >= 4 is 44.7 Å². The summed E-state index contributed by atoms with van der Waals surface area (Å²) in [6.45, 7) is 0. The quantitative estimate of drug-likeness (QED) is 0.178. The lowest BCUT2D eigenvalue weighted by atomic mass is 9.83. The van der Waals surface area contributed by atoms with E-state index in [4.69, 9.17) is 0 Å². The van der Waals surface area contributed by atoms with Crippen molar-refractivity contribution in [1.82, 2.24) is 0 Å². The Bertz CT molecular complexity index is 2470. The molecule has 0 amide bonds. The van der Waals surface area contributed by atoms with Crippen molar-refractivity contribution in [2.75, 3.05) is 4.90 Å². The molecule has 0 unspecified atom stereocenters. The fourth-order valence-corrected chi connectivity index (χ4v) is 7.56. The van der Waals surface area contributed by atoms with Crippen molar-refractivity contribution in [2.24, 2.45) is 0 Å². The number of hydrogen-bond donors (Lipinski definition) is 0. The van der Waals surface area contributed by atoms with Crippen molar-refractivity contribution in [3.05, 3.63) is 193 Å². The second kappa shape index (κ2) is 12.4. The third-order valence-corrected chi connectivity index (χ3v) is 9.90. The highest BCUT2D eigenvalue weighted by molar-refractivity contribution is 6.06. The van der Waals surface area contributed by atoms with Gasteiger partial charge in [-0.15, -0.1) is 0 Å². The van der Waals surface area contributed by atoms with Crippen LogP contribution in [0, 0.1) is 0 Å². The van der Waals surface area contributed by atoms with Gasteiger partial charge in [0, 0.05) is 16.8 Å². The maximum Gasteiger partial charge on any atom is 0.0540 e. The lowest BCUT2D eigenvalue weighted by molar-refractivity contribution is 0.989. The summed E-state index contributed by atoms with van der Waals surface area (Å²) in [6, 6.07) is 64.1.